The largest absolute Gasteiger partial charge is 0.496 e. The van der Waals surface area contributed by atoms with Gasteiger partial charge < -0.3 is 15.4 Å². The third kappa shape index (κ3) is 4.90. The van der Waals surface area contributed by atoms with Gasteiger partial charge in [-0.2, -0.15) is 0 Å². The predicted octanol–water partition coefficient (Wildman–Crippen LogP) is 4.20. The average molecular weight is 424 g/mol. The minimum Gasteiger partial charge on any atom is -0.496 e. The lowest BCUT2D eigenvalue weighted by atomic mass is 10.1. The van der Waals surface area contributed by atoms with Gasteiger partial charge in [0.2, 0.25) is 0 Å². The van der Waals surface area contributed by atoms with Crippen molar-refractivity contribution in [2.75, 3.05) is 26.0 Å². The number of halogens is 2. The number of anilines is 1. The molecule has 2 aromatic carbocycles. The van der Waals surface area contributed by atoms with E-state index in [0.717, 1.165) is 25.2 Å². The Hall–Kier alpha value is -1.95. The minimum atomic E-state index is -0.158. The molecular formula is C21H27Cl2N3O2. The Morgan fingerprint density at radius 2 is 2.00 bits per heavy atom. The molecule has 1 amide bonds. The molecule has 0 radical (unpaired) electrons. The van der Waals surface area contributed by atoms with Crippen molar-refractivity contribution >= 4 is 35.6 Å². The number of amides is 1. The molecule has 0 aliphatic carbocycles. The van der Waals surface area contributed by atoms with E-state index in [-0.39, 0.29) is 30.4 Å². The maximum absolute atomic E-state index is 12.9. The lowest BCUT2D eigenvalue weighted by Crippen LogP contribution is -2.43. The number of hydrogen-bond donors (Lipinski definition) is 2. The monoisotopic (exact) mass is 423 g/mol. The van der Waals surface area contributed by atoms with Crippen LogP contribution in [0.4, 0.5) is 5.69 Å². The zero-order chi connectivity index (χ0) is 19.4. The smallest absolute Gasteiger partial charge is 0.255 e. The number of ether oxygens (including phenoxy) is 1. The molecule has 3 rings (SSSR count). The summed E-state index contributed by atoms with van der Waals surface area (Å²) in [6, 6.07) is 14.2. The maximum Gasteiger partial charge on any atom is 0.255 e. The molecule has 1 aliphatic heterocycles. The van der Waals surface area contributed by atoms with Crippen LogP contribution in [0.15, 0.2) is 42.5 Å². The third-order valence-electron chi connectivity index (χ3n) is 5.23. The summed E-state index contributed by atoms with van der Waals surface area (Å²) in [5, 5.41) is 6.65. The summed E-state index contributed by atoms with van der Waals surface area (Å²) >= 11 is 6.26. The maximum atomic E-state index is 12.9. The van der Waals surface area contributed by atoms with Crippen molar-refractivity contribution in [3.05, 3.63) is 58.6 Å². The first-order chi connectivity index (χ1) is 13.0. The second-order valence-corrected chi connectivity index (χ2v) is 7.25. The van der Waals surface area contributed by atoms with Crippen molar-refractivity contribution in [2.24, 2.45) is 0 Å². The van der Waals surface area contributed by atoms with Crippen LogP contribution < -0.4 is 15.4 Å². The van der Waals surface area contributed by atoms with Crippen LogP contribution in [-0.4, -0.2) is 43.6 Å². The number of nitrogens with one attached hydrogen (secondary N) is 2. The van der Waals surface area contributed by atoms with E-state index in [0.29, 0.717) is 16.3 Å². The second-order valence-electron chi connectivity index (χ2n) is 6.85. The predicted molar refractivity (Wildman–Crippen MR) is 117 cm³/mol. The Kier molecular flexibility index (Phi) is 7.98. The molecule has 0 unspecified atom stereocenters. The van der Waals surface area contributed by atoms with Gasteiger partial charge in [0.15, 0.2) is 0 Å². The van der Waals surface area contributed by atoms with Crippen LogP contribution in [0.2, 0.25) is 5.02 Å². The number of rotatable bonds is 6. The van der Waals surface area contributed by atoms with E-state index in [1.165, 1.54) is 5.56 Å². The highest BCUT2D eigenvalue weighted by Crippen LogP contribution is 2.31. The minimum absolute atomic E-state index is 0. The van der Waals surface area contributed by atoms with E-state index < -0.39 is 0 Å². The Balaban J connectivity index is 0.00000280. The molecule has 1 fully saturated rings. The molecule has 1 saturated heterocycles. The molecule has 0 spiro atoms. The van der Waals surface area contributed by atoms with E-state index in [2.05, 4.69) is 46.7 Å². The molecule has 28 heavy (non-hydrogen) atoms. The Morgan fingerprint density at radius 3 is 2.64 bits per heavy atom. The molecule has 0 bridgehead atoms. The van der Waals surface area contributed by atoms with Crippen molar-refractivity contribution in [3.63, 3.8) is 0 Å². The lowest BCUT2D eigenvalue weighted by molar-refractivity contribution is 0.0924. The van der Waals surface area contributed by atoms with E-state index in [1.807, 2.05) is 6.07 Å². The van der Waals surface area contributed by atoms with Crippen molar-refractivity contribution < 1.29 is 9.53 Å². The van der Waals surface area contributed by atoms with Crippen LogP contribution in [0.3, 0.4) is 0 Å². The molecule has 0 saturated carbocycles. The van der Waals surface area contributed by atoms with Gasteiger partial charge in [-0.25, -0.2) is 0 Å². The van der Waals surface area contributed by atoms with Crippen LogP contribution in [0.1, 0.15) is 29.3 Å². The SMILES string of the molecule is CNc1cc(OC)c(C(=O)N[C@H]2CCN(Cc3ccccc3)[C@H]2C)cc1Cl.Cl. The Labute approximate surface area is 177 Å². The van der Waals surface area contributed by atoms with Gasteiger partial charge in [-0.05, 0) is 25.0 Å². The number of carbonyl (C=O) groups is 1. The van der Waals surface area contributed by atoms with E-state index >= 15 is 0 Å². The molecule has 0 aromatic heterocycles. The summed E-state index contributed by atoms with van der Waals surface area (Å²) in [5.41, 5.74) is 2.47. The van der Waals surface area contributed by atoms with Crippen LogP contribution in [0, 0.1) is 0 Å². The van der Waals surface area contributed by atoms with Crippen LogP contribution in [0.5, 0.6) is 5.75 Å². The first-order valence-electron chi connectivity index (χ1n) is 9.17. The summed E-state index contributed by atoms with van der Waals surface area (Å²) in [4.78, 5) is 15.3. The van der Waals surface area contributed by atoms with E-state index in [1.54, 1.807) is 26.3 Å². The molecule has 5 nitrogen and oxygen atoms in total. The Morgan fingerprint density at radius 1 is 1.29 bits per heavy atom. The topological polar surface area (TPSA) is 53.6 Å². The van der Waals surface area contributed by atoms with Gasteiger partial charge in [0.1, 0.15) is 5.75 Å². The van der Waals surface area contributed by atoms with Gasteiger partial charge >= 0.3 is 0 Å². The number of hydrogen-bond acceptors (Lipinski definition) is 4. The summed E-state index contributed by atoms with van der Waals surface area (Å²) in [6.45, 7) is 4.01. The highest BCUT2D eigenvalue weighted by Gasteiger charge is 2.32. The summed E-state index contributed by atoms with van der Waals surface area (Å²) in [7, 11) is 3.33. The quantitative estimate of drug-likeness (QED) is 0.730. The number of carbonyl (C=O) groups excluding carboxylic acids is 1. The third-order valence-corrected chi connectivity index (χ3v) is 5.55. The molecule has 2 aromatic rings. The summed E-state index contributed by atoms with van der Waals surface area (Å²) in [5.74, 6) is 0.350. The molecular weight excluding hydrogens is 397 g/mol. The fourth-order valence-corrected chi connectivity index (χ4v) is 3.83. The van der Waals surface area contributed by atoms with Crippen molar-refractivity contribution in [1.82, 2.24) is 10.2 Å². The zero-order valence-electron chi connectivity index (χ0n) is 16.4. The van der Waals surface area contributed by atoms with Crippen molar-refractivity contribution in [2.45, 2.75) is 32.0 Å². The fourth-order valence-electron chi connectivity index (χ4n) is 3.58. The first kappa shape index (κ1) is 22.3. The average Bonchev–Trinajstić information content (AvgIpc) is 3.02. The number of benzene rings is 2. The van der Waals surface area contributed by atoms with Crippen molar-refractivity contribution in [1.29, 1.82) is 0 Å². The number of nitrogens with zero attached hydrogens (tertiary/aromatic N) is 1. The first-order valence-corrected chi connectivity index (χ1v) is 9.55. The summed E-state index contributed by atoms with van der Waals surface area (Å²) < 4.78 is 5.39. The van der Waals surface area contributed by atoms with Gasteiger partial charge in [-0.1, -0.05) is 41.9 Å². The molecule has 1 heterocycles. The molecule has 1 aliphatic rings. The zero-order valence-corrected chi connectivity index (χ0v) is 17.9. The van der Waals surface area contributed by atoms with Crippen molar-refractivity contribution in [3.8, 4) is 5.75 Å². The Bertz CT molecular complexity index is 802. The van der Waals surface area contributed by atoms with Crippen LogP contribution in [0.25, 0.3) is 0 Å². The van der Waals surface area contributed by atoms with E-state index in [4.69, 9.17) is 16.3 Å². The standard InChI is InChI=1S/C21H26ClN3O2.ClH/c1-14-18(9-10-25(14)13-15-7-5-4-6-8-15)24-21(26)16-11-17(22)19(23-2)12-20(16)27-3;/h4-8,11-12,14,18,23H,9-10,13H2,1-3H3,(H,24,26);1H/t14-,18-;/m0./s1. The number of likely N-dealkylation sites (tertiary alicyclic amines) is 1. The van der Waals surface area contributed by atoms with E-state index in [9.17, 15) is 4.79 Å². The molecule has 152 valence electrons. The van der Waals surface area contributed by atoms with Gasteiger partial charge in [0.05, 0.1) is 23.4 Å². The molecule has 7 heteroatoms. The normalized spacial score (nSPS) is 19.0. The summed E-state index contributed by atoms with van der Waals surface area (Å²) in [6.07, 6.45) is 0.921. The highest BCUT2D eigenvalue weighted by molar-refractivity contribution is 6.33. The van der Waals surface area contributed by atoms with Gasteiger partial charge in [0, 0.05) is 38.3 Å². The van der Waals surface area contributed by atoms with Gasteiger partial charge in [-0.3, -0.25) is 9.69 Å². The highest BCUT2D eigenvalue weighted by atomic mass is 35.5. The van der Waals surface area contributed by atoms with Gasteiger partial charge in [-0.15, -0.1) is 12.4 Å². The second kappa shape index (κ2) is 10.0. The fraction of sp³-hybridized carbons (Fsp3) is 0.381. The number of methoxy groups -OCH3 is 1. The van der Waals surface area contributed by atoms with Gasteiger partial charge in [0.25, 0.3) is 5.91 Å². The molecule has 2 atom stereocenters. The van der Waals surface area contributed by atoms with Crippen LogP contribution >= 0.6 is 24.0 Å². The van der Waals surface area contributed by atoms with Crippen LogP contribution in [-0.2, 0) is 6.54 Å². The lowest BCUT2D eigenvalue weighted by Gasteiger charge is -2.25. The molecule has 2 N–H and O–H groups in total.